The number of ether oxygens (including phenoxy) is 1. The predicted octanol–water partition coefficient (Wildman–Crippen LogP) is 4.59. The number of hydrogen-bond donors (Lipinski definition) is 0. The summed E-state index contributed by atoms with van der Waals surface area (Å²) in [6.07, 6.45) is 3.17. The van der Waals surface area contributed by atoms with Gasteiger partial charge < -0.3 is 9.64 Å². The van der Waals surface area contributed by atoms with Crippen molar-refractivity contribution >= 4 is 39.9 Å². The van der Waals surface area contributed by atoms with Gasteiger partial charge in [0, 0.05) is 31.0 Å². The second-order valence-electron chi connectivity index (χ2n) is 5.59. The van der Waals surface area contributed by atoms with Crippen LogP contribution in [0.5, 0.6) is 0 Å². The van der Waals surface area contributed by atoms with Crippen LogP contribution in [0.3, 0.4) is 0 Å². The van der Waals surface area contributed by atoms with Crippen molar-refractivity contribution in [1.29, 1.82) is 0 Å². The Kier molecular flexibility index (Phi) is 5.75. The van der Waals surface area contributed by atoms with Crippen LogP contribution in [0.2, 0.25) is 10.0 Å². The maximum absolute atomic E-state index is 6.03. The largest absolute Gasteiger partial charge is 0.373 e. The zero-order chi connectivity index (χ0) is 16.2. The molecular formula is C16H19Cl2N3OS. The van der Waals surface area contributed by atoms with E-state index in [-0.39, 0.29) is 6.10 Å². The van der Waals surface area contributed by atoms with Gasteiger partial charge in [0.15, 0.2) is 0 Å². The van der Waals surface area contributed by atoms with Crippen LogP contribution in [-0.2, 0) is 17.8 Å². The first-order valence-electron chi connectivity index (χ1n) is 7.78. The molecule has 1 aliphatic rings. The molecule has 124 valence electrons. The van der Waals surface area contributed by atoms with Crippen molar-refractivity contribution in [3.05, 3.63) is 39.6 Å². The number of benzene rings is 1. The van der Waals surface area contributed by atoms with Crippen LogP contribution in [0.15, 0.2) is 18.2 Å². The number of aromatic nitrogens is 2. The molecule has 0 radical (unpaired) electrons. The van der Waals surface area contributed by atoms with Gasteiger partial charge in [0.25, 0.3) is 0 Å². The van der Waals surface area contributed by atoms with E-state index in [0.717, 1.165) is 48.9 Å². The van der Waals surface area contributed by atoms with Gasteiger partial charge in [-0.15, -0.1) is 0 Å². The lowest BCUT2D eigenvalue weighted by Crippen LogP contribution is -2.37. The van der Waals surface area contributed by atoms with Crippen molar-refractivity contribution in [3.8, 4) is 0 Å². The fourth-order valence-electron chi connectivity index (χ4n) is 2.57. The maximum Gasteiger partial charge on any atom is 0.205 e. The van der Waals surface area contributed by atoms with Gasteiger partial charge in [-0.2, -0.15) is 4.37 Å². The molecule has 0 spiro atoms. The second-order valence-corrected chi connectivity index (χ2v) is 7.14. The van der Waals surface area contributed by atoms with E-state index in [9.17, 15) is 0 Å². The third-order valence-corrected chi connectivity index (χ3v) is 5.51. The van der Waals surface area contributed by atoms with E-state index in [4.69, 9.17) is 27.9 Å². The van der Waals surface area contributed by atoms with Gasteiger partial charge in [0.1, 0.15) is 5.82 Å². The van der Waals surface area contributed by atoms with E-state index in [1.807, 2.05) is 18.2 Å². The van der Waals surface area contributed by atoms with Gasteiger partial charge in [-0.05, 0) is 30.5 Å². The minimum atomic E-state index is 0.277. The predicted molar refractivity (Wildman–Crippen MR) is 95.8 cm³/mol. The Labute approximate surface area is 150 Å². The highest BCUT2D eigenvalue weighted by atomic mass is 35.5. The molecule has 0 amide bonds. The molecule has 0 bridgehead atoms. The van der Waals surface area contributed by atoms with E-state index in [1.165, 1.54) is 11.5 Å². The standard InChI is InChI=1S/C16H19Cl2N3OS/c1-2-15-19-16(23-20-15)21-7-5-12(6-8-21)22-10-11-3-4-13(17)14(18)9-11/h3-4,9,12H,2,5-8,10H2,1H3. The molecule has 23 heavy (non-hydrogen) atoms. The van der Waals surface area contributed by atoms with Crippen molar-refractivity contribution in [1.82, 2.24) is 9.36 Å². The summed E-state index contributed by atoms with van der Waals surface area (Å²) >= 11 is 13.4. The molecule has 0 aliphatic carbocycles. The Morgan fingerprint density at radius 3 is 2.70 bits per heavy atom. The Balaban J connectivity index is 1.48. The molecule has 3 rings (SSSR count). The fraction of sp³-hybridized carbons (Fsp3) is 0.500. The summed E-state index contributed by atoms with van der Waals surface area (Å²) in [5.41, 5.74) is 1.05. The topological polar surface area (TPSA) is 38.2 Å². The van der Waals surface area contributed by atoms with E-state index < -0.39 is 0 Å². The van der Waals surface area contributed by atoms with E-state index in [2.05, 4.69) is 21.2 Å². The highest BCUT2D eigenvalue weighted by Crippen LogP contribution is 2.25. The summed E-state index contributed by atoms with van der Waals surface area (Å²) in [6, 6.07) is 5.63. The molecule has 2 aromatic rings. The van der Waals surface area contributed by atoms with E-state index >= 15 is 0 Å². The number of nitrogens with zero attached hydrogens (tertiary/aromatic N) is 3. The lowest BCUT2D eigenvalue weighted by atomic mass is 10.1. The first-order valence-corrected chi connectivity index (χ1v) is 9.31. The van der Waals surface area contributed by atoms with Gasteiger partial charge in [-0.25, -0.2) is 4.98 Å². The van der Waals surface area contributed by atoms with Crippen LogP contribution in [0.4, 0.5) is 5.13 Å². The Morgan fingerprint density at radius 2 is 2.04 bits per heavy atom. The summed E-state index contributed by atoms with van der Waals surface area (Å²) in [6.45, 7) is 4.57. The number of piperidine rings is 1. The highest BCUT2D eigenvalue weighted by Gasteiger charge is 2.22. The number of anilines is 1. The fourth-order valence-corrected chi connectivity index (χ4v) is 3.70. The first-order chi connectivity index (χ1) is 11.2. The Bertz CT molecular complexity index is 657. The molecular weight excluding hydrogens is 353 g/mol. The zero-order valence-electron chi connectivity index (χ0n) is 13.0. The van der Waals surface area contributed by atoms with Crippen LogP contribution >= 0.6 is 34.7 Å². The maximum atomic E-state index is 6.03. The lowest BCUT2D eigenvalue weighted by Gasteiger charge is -2.31. The van der Waals surface area contributed by atoms with E-state index in [0.29, 0.717) is 16.7 Å². The average Bonchev–Trinajstić information content (AvgIpc) is 3.05. The Morgan fingerprint density at radius 1 is 1.26 bits per heavy atom. The smallest absolute Gasteiger partial charge is 0.205 e. The molecule has 0 unspecified atom stereocenters. The molecule has 2 heterocycles. The van der Waals surface area contributed by atoms with Gasteiger partial charge in [-0.3, -0.25) is 0 Å². The quantitative estimate of drug-likeness (QED) is 0.769. The zero-order valence-corrected chi connectivity index (χ0v) is 15.3. The van der Waals surface area contributed by atoms with Gasteiger partial charge >= 0.3 is 0 Å². The number of halogens is 2. The molecule has 1 aliphatic heterocycles. The highest BCUT2D eigenvalue weighted by molar-refractivity contribution is 7.09. The molecule has 0 atom stereocenters. The van der Waals surface area contributed by atoms with E-state index in [1.54, 1.807) is 0 Å². The van der Waals surface area contributed by atoms with Crippen molar-refractivity contribution in [2.75, 3.05) is 18.0 Å². The SMILES string of the molecule is CCc1nsc(N2CCC(OCc3ccc(Cl)c(Cl)c3)CC2)n1. The minimum Gasteiger partial charge on any atom is -0.373 e. The molecule has 0 N–H and O–H groups in total. The van der Waals surface area contributed by atoms with Gasteiger partial charge in [0.2, 0.25) is 5.13 Å². The first kappa shape index (κ1) is 17.0. The van der Waals surface area contributed by atoms with Crippen molar-refractivity contribution < 1.29 is 4.74 Å². The summed E-state index contributed by atoms with van der Waals surface area (Å²) in [7, 11) is 0. The number of aryl methyl sites for hydroxylation is 1. The molecule has 1 saturated heterocycles. The van der Waals surface area contributed by atoms with Crippen LogP contribution < -0.4 is 4.90 Å². The molecule has 1 fully saturated rings. The summed E-state index contributed by atoms with van der Waals surface area (Å²) < 4.78 is 10.4. The average molecular weight is 372 g/mol. The van der Waals surface area contributed by atoms with Crippen LogP contribution in [0, 0.1) is 0 Å². The summed E-state index contributed by atoms with van der Waals surface area (Å²) in [5, 5.41) is 2.18. The third-order valence-electron chi connectivity index (χ3n) is 3.96. The molecule has 1 aromatic carbocycles. The van der Waals surface area contributed by atoms with Crippen LogP contribution in [-0.4, -0.2) is 28.6 Å². The molecule has 0 saturated carbocycles. The second kappa shape index (κ2) is 7.79. The monoisotopic (exact) mass is 371 g/mol. The van der Waals surface area contributed by atoms with Crippen LogP contribution in [0.25, 0.3) is 0 Å². The number of rotatable bonds is 5. The van der Waals surface area contributed by atoms with Gasteiger partial charge in [-0.1, -0.05) is 36.2 Å². The van der Waals surface area contributed by atoms with Crippen molar-refractivity contribution in [2.24, 2.45) is 0 Å². The summed E-state index contributed by atoms with van der Waals surface area (Å²) in [4.78, 5) is 6.86. The summed E-state index contributed by atoms with van der Waals surface area (Å²) in [5.74, 6) is 0.933. The Hall–Kier alpha value is -0.880. The van der Waals surface area contributed by atoms with Gasteiger partial charge in [0.05, 0.1) is 22.8 Å². The number of hydrogen-bond acceptors (Lipinski definition) is 5. The normalized spacial score (nSPS) is 16.0. The van der Waals surface area contributed by atoms with Crippen molar-refractivity contribution in [2.45, 2.75) is 38.9 Å². The van der Waals surface area contributed by atoms with Crippen LogP contribution in [0.1, 0.15) is 31.2 Å². The molecule has 1 aromatic heterocycles. The lowest BCUT2D eigenvalue weighted by molar-refractivity contribution is 0.0251. The molecule has 4 nitrogen and oxygen atoms in total. The van der Waals surface area contributed by atoms with Crippen molar-refractivity contribution in [3.63, 3.8) is 0 Å². The molecule has 7 heteroatoms. The third kappa shape index (κ3) is 4.35. The minimum absolute atomic E-state index is 0.277.